The monoisotopic (exact) mass is 308 g/mol. The van der Waals surface area contributed by atoms with Crippen LogP contribution in [0.5, 0.6) is 0 Å². The summed E-state index contributed by atoms with van der Waals surface area (Å²) in [7, 11) is 1.80. The zero-order valence-corrected chi connectivity index (χ0v) is 13.5. The van der Waals surface area contributed by atoms with Gasteiger partial charge in [0.25, 0.3) is 5.91 Å². The van der Waals surface area contributed by atoms with Gasteiger partial charge in [-0.3, -0.25) is 9.69 Å². The third-order valence-corrected chi connectivity index (χ3v) is 4.58. The Balaban J connectivity index is 2.03. The molecule has 1 aromatic rings. The number of likely N-dealkylation sites (tertiary alicyclic amines) is 1. The van der Waals surface area contributed by atoms with Crippen LogP contribution >= 0.6 is 0 Å². The van der Waals surface area contributed by atoms with Crippen LogP contribution in [0.15, 0.2) is 24.3 Å². The van der Waals surface area contributed by atoms with Crippen molar-refractivity contribution in [1.29, 1.82) is 0 Å². The number of amides is 1. The third-order valence-electron chi connectivity index (χ3n) is 4.58. The third kappa shape index (κ3) is 3.65. The highest BCUT2D eigenvalue weighted by atomic mass is 19.1. The number of rotatable bonds is 6. The van der Waals surface area contributed by atoms with Crippen molar-refractivity contribution >= 4 is 5.91 Å². The van der Waals surface area contributed by atoms with Gasteiger partial charge in [0.15, 0.2) is 0 Å². The number of β-amino-alcohol motifs (C(OH)–C–C–N with tert-alkyl or cyclic N) is 1. The summed E-state index contributed by atoms with van der Waals surface area (Å²) in [5.41, 5.74) is 0.502. The van der Waals surface area contributed by atoms with E-state index in [-0.39, 0.29) is 29.9 Å². The second kappa shape index (κ2) is 7.20. The van der Waals surface area contributed by atoms with Crippen LogP contribution in [0.4, 0.5) is 4.39 Å². The Bertz CT molecular complexity index is 506. The van der Waals surface area contributed by atoms with Gasteiger partial charge in [0.05, 0.1) is 6.10 Å². The predicted molar refractivity (Wildman–Crippen MR) is 84.2 cm³/mol. The van der Waals surface area contributed by atoms with Crippen molar-refractivity contribution in [2.45, 2.75) is 44.9 Å². The van der Waals surface area contributed by atoms with Crippen LogP contribution in [0.25, 0.3) is 0 Å². The fraction of sp³-hybridized carbons (Fsp3) is 0.588. The van der Waals surface area contributed by atoms with E-state index in [2.05, 4.69) is 11.8 Å². The molecule has 0 saturated carbocycles. The minimum Gasteiger partial charge on any atom is -0.390 e. The smallest absolute Gasteiger partial charge is 0.253 e. The molecule has 0 aliphatic carbocycles. The topological polar surface area (TPSA) is 43.8 Å². The van der Waals surface area contributed by atoms with E-state index in [4.69, 9.17) is 0 Å². The molecule has 0 aromatic heterocycles. The second-order valence-electron chi connectivity index (χ2n) is 6.13. The molecule has 5 heteroatoms. The van der Waals surface area contributed by atoms with Crippen LogP contribution in [0.2, 0.25) is 0 Å². The van der Waals surface area contributed by atoms with Gasteiger partial charge in [0.1, 0.15) is 5.82 Å². The number of hydrogen-bond acceptors (Lipinski definition) is 3. The standard InChI is InChI=1S/C17H25FN2O2/c1-4-5-15(10-20-11-16(21)12(20)2)19(3)17(22)13-6-8-14(18)9-7-13/h6-9,12,15-16,21H,4-5,10-11H2,1-3H3/t12-,15+,16+/m1/s1. The first-order valence-corrected chi connectivity index (χ1v) is 7.88. The molecule has 1 amide bonds. The number of aliphatic hydroxyl groups is 1. The van der Waals surface area contributed by atoms with E-state index in [0.29, 0.717) is 12.1 Å². The first kappa shape index (κ1) is 16.9. The lowest BCUT2D eigenvalue weighted by Crippen LogP contribution is -2.61. The second-order valence-corrected chi connectivity index (χ2v) is 6.13. The van der Waals surface area contributed by atoms with Gasteiger partial charge in [0.2, 0.25) is 0 Å². The maximum Gasteiger partial charge on any atom is 0.253 e. The molecule has 22 heavy (non-hydrogen) atoms. The summed E-state index contributed by atoms with van der Waals surface area (Å²) in [6, 6.07) is 5.90. The van der Waals surface area contributed by atoms with E-state index < -0.39 is 0 Å². The van der Waals surface area contributed by atoms with Gasteiger partial charge in [-0.1, -0.05) is 13.3 Å². The molecule has 1 fully saturated rings. The summed E-state index contributed by atoms with van der Waals surface area (Å²) in [5, 5.41) is 9.62. The highest BCUT2D eigenvalue weighted by Crippen LogP contribution is 2.21. The Morgan fingerprint density at radius 3 is 2.59 bits per heavy atom. The largest absolute Gasteiger partial charge is 0.390 e. The zero-order chi connectivity index (χ0) is 16.3. The average Bonchev–Trinajstić information content (AvgIpc) is 2.52. The average molecular weight is 308 g/mol. The van der Waals surface area contributed by atoms with Crippen LogP contribution in [-0.2, 0) is 0 Å². The Morgan fingerprint density at radius 2 is 2.09 bits per heavy atom. The van der Waals surface area contributed by atoms with Crippen molar-refractivity contribution in [1.82, 2.24) is 9.80 Å². The first-order chi connectivity index (χ1) is 10.4. The van der Waals surface area contributed by atoms with Crippen LogP contribution in [0, 0.1) is 5.82 Å². The summed E-state index contributed by atoms with van der Waals surface area (Å²) in [5.74, 6) is -0.431. The molecule has 0 unspecified atom stereocenters. The molecular weight excluding hydrogens is 283 g/mol. The highest BCUT2D eigenvalue weighted by molar-refractivity contribution is 5.94. The minimum absolute atomic E-state index is 0.0906. The number of likely N-dealkylation sites (N-methyl/N-ethyl adjacent to an activating group) is 1. The maximum atomic E-state index is 13.0. The molecule has 0 spiro atoms. The van der Waals surface area contributed by atoms with Crippen molar-refractivity contribution in [2.75, 3.05) is 20.1 Å². The number of benzene rings is 1. The van der Waals surface area contributed by atoms with E-state index in [9.17, 15) is 14.3 Å². The van der Waals surface area contributed by atoms with Crippen LogP contribution < -0.4 is 0 Å². The molecule has 1 aliphatic rings. The minimum atomic E-state index is -0.340. The molecular formula is C17H25FN2O2. The molecule has 1 saturated heterocycles. The quantitative estimate of drug-likeness (QED) is 0.875. The van der Waals surface area contributed by atoms with Gasteiger partial charge < -0.3 is 10.0 Å². The number of halogens is 1. The number of nitrogens with zero attached hydrogens (tertiary/aromatic N) is 2. The molecule has 2 rings (SSSR count). The number of carbonyl (C=O) groups is 1. The molecule has 1 aromatic carbocycles. The Kier molecular flexibility index (Phi) is 5.53. The van der Waals surface area contributed by atoms with E-state index >= 15 is 0 Å². The van der Waals surface area contributed by atoms with Gasteiger partial charge >= 0.3 is 0 Å². The van der Waals surface area contributed by atoms with Gasteiger partial charge in [-0.05, 0) is 37.6 Å². The lowest BCUT2D eigenvalue weighted by Gasteiger charge is -2.46. The fourth-order valence-corrected chi connectivity index (χ4v) is 2.88. The summed E-state index contributed by atoms with van der Waals surface area (Å²) in [4.78, 5) is 16.5. The van der Waals surface area contributed by atoms with Crippen molar-refractivity contribution in [3.63, 3.8) is 0 Å². The van der Waals surface area contributed by atoms with Gasteiger partial charge in [-0.15, -0.1) is 0 Å². The van der Waals surface area contributed by atoms with Crippen molar-refractivity contribution in [3.8, 4) is 0 Å². The number of carbonyl (C=O) groups excluding carboxylic acids is 1. The van der Waals surface area contributed by atoms with Crippen molar-refractivity contribution in [2.24, 2.45) is 0 Å². The Hall–Kier alpha value is -1.46. The van der Waals surface area contributed by atoms with Crippen LogP contribution in [0.1, 0.15) is 37.0 Å². The molecule has 1 aliphatic heterocycles. The molecule has 0 bridgehead atoms. The normalized spacial score (nSPS) is 23.0. The number of hydrogen-bond donors (Lipinski definition) is 1. The van der Waals surface area contributed by atoms with E-state index in [0.717, 1.165) is 19.4 Å². The van der Waals surface area contributed by atoms with Gasteiger partial charge in [0, 0.05) is 37.8 Å². The van der Waals surface area contributed by atoms with E-state index in [1.54, 1.807) is 11.9 Å². The maximum absolute atomic E-state index is 13.0. The molecule has 122 valence electrons. The van der Waals surface area contributed by atoms with Crippen molar-refractivity contribution < 1.29 is 14.3 Å². The lowest BCUT2D eigenvalue weighted by atomic mass is 9.98. The van der Waals surface area contributed by atoms with Gasteiger partial charge in [-0.25, -0.2) is 4.39 Å². The fourth-order valence-electron chi connectivity index (χ4n) is 2.88. The summed E-state index contributed by atoms with van der Waals surface area (Å²) < 4.78 is 13.0. The first-order valence-electron chi connectivity index (χ1n) is 7.88. The highest BCUT2D eigenvalue weighted by Gasteiger charge is 2.36. The molecule has 1 heterocycles. The lowest BCUT2D eigenvalue weighted by molar-refractivity contribution is -0.0614. The molecule has 1 N–H and O–H groups in total. The molecule has 4 nitrogen and oxygen atoms in total. The van der Waals surface area contributed by atoms with Gasteiger partial charge in [-0.2, -0.15) is 0 Å². The predicted octanol–water partition coefficient (Wildman–Crippen LogP) is 2.13. The molecule has 0 radical (unpaired) electrons. The van der Waals surface area contributed by atoms with E-state index in [1.165, 1.54) is 24.3 Å². The van der Waals surface area contributed by atoms with Crippen molar-refractivity contribution in [3.05, 3.63) is 35.6 Å². The summed E-state index contributed by atoms with van der Waals surface area (Å²) in [6.07, 6.45) is 1.62. The Morgan fingerprint density at radius 1 is 1.45 bits per heavy atom. The zero-order valence-electron chi connectivity index (χ0n) is 13.5. The number of aliphatic hydroxyl groups excluding tert-OH is 1. The summed E-state index contributed by atoms with van der Waals surface area (Å²) in [6.45, 7) is 5.52. The SMILES string of the molecule is CCC[C@@H](CN1C[C@H](O)[C@H]1C)N(C)C(=O)c1ccc(F)cc1. The van der Waals surface area contributed by atoms with E-state index in [1.807, 2.05) is 6.92 Å². The Labute approximate surface area is 131 Å². The van der Waals surface area contributed by atoms with Crippen LogP contribution in [0.3, 0.4) is 0 Å². The van der Waals surface area contributed by atoms with Crippen LogP contribution in [-0.4, -0.2) is 59.1 Å². The molecule has 3 atom stereocenters. The summed E-state index contributed by atoms with van der Waals surface area (Å²) >= 11 is 0.